The van der Waals surface area contributed by atoms with E-state index in [0.29, 0.717) is 21.8 Å². The first-order chi connectivity index (χ1) is 12.4. The maximum Gasteiger partial charge on any atom is 0.188 e. The Morgan fingerprint density at radius 2 is 1.16 bits per heavy atom. The lowest BCUT2D eigenvalue weighted by molar-refractivity contribution is 0.317. The van der Waals surface area contributed by atoms with Crippen molar-refractivity contribution in [3.63, 3.8) is 0 Å². The zero-order valence-corrected chi connectivity index (χ0v) is 15.0. The van der Waals surface area contributed by atoms with Crippen LogP contribution in [0, 0.1) is 0 Å². The van der Waals surface area contributed by atoms with Gasteiger partial charge in [0.2, 0.25) is 0 Å². The molecule has 0 aliphatic carbocycles. The second-order valence-corrected chi connectivity index (χ2v) is 7.33. The summed E-state index contributed by atoms with van der Waals surface area (Å²) in [6.45, 7) is 1.30. The predicted molar refractivity (Wildman–Crippen MR) is 103 cm³/mol. The zero-order chi connectivity index (χ0) is 16.9. The Bertz CT molecular complexity index is 696. The Kier molecular flexibility index (Phi) is 5.08. The summed E-state index contributed by atoms with van der Waals surface area (Å²) in [5.74, 6) is 1.73. The van der Waals surface area contributed by atoms with Crippen LogP contribution in [0.5, 0.6) is 0 Å². The van der Waals surface area contributed by atoms with Gasteiger partial charge in [0, 0.05) is 12.3 Å². The first-order valence-electron chi connectivity index (χ1n) is 8.58. The van der Waals surface area contributed by atoms with Crippen LogP contribution in [-0.4, -0.2) is 37.3 Å². The third-order valence-electron chi connectivity index (χ3n) is 4.34. The maximum absolute atomic E-state index is 5.75. The van der Waals surface area contributed by atoms with Crippen LogP contribution in [0.25, 0.3) is 0 Å². The number of rotatable bonds is 6. The average molecular weight is 352 g/mol. The van der Waals surface area contributed by atoms with E-state index in [1.54, 1.807) is 0 Å². The molecule has 0 amide bonds. The van der Waals surface area contributed by atoms with Crippen molar-refractivity contribution in [1.29, 1.82) is 0 Å². The Labute approximate surface area is 149 Å². The van der Waals surface area contributed by atoms with E-state index in [1.165, 1.54) is 11.1 Å². The monoisotopic (exact) mass is 352 g/mol. The molecule has 0 N–H and O–H groups in total. The normalized spacial score (nSPS) is 22.6. The summed E-state index contributed by atoms with van der Waals surface area (Å²) in [4.78, 5) is 9.41. The maximum atomic E-state index is 5.75. The molecule has 4 nitrogen and oxygen atoms in total. The highest BCUT2D eigenvalue weighted by Crippen LogP contribution is 2.27. The molecule has 2 aromatic rings. The molecule has 0 fully saturated rings. The number of hydrogen-bond donors (Lipinski definition) is 0. The second kappa shape index (κ2) is 7.79. The average Bonchev–Trinajstić information content (AvgIpc) is 3.33. The minimum absolute atomic E-state index is 0.142. The van der Waals surface area contributed by atoms with Crippen LogP contribution in [0.1, 0.15) is 23.2 Å². The minimum atomic E-state index is 0.142. The van der Waals surface area contributed by atoms with E-state index in [2.05, 4.69) is 24.3 Å². The molecule has 2 aliphatic heterocycles. The first-order valence-corrected chi connectivity index (χ1v) is 9.99. The molecule has 25 heavy (non-hydrogen) atoms. The van der Waals surface area contributed by atoms with Crippen LogP contribution < -0.4 is 0 Å². The van der Waals surface area contributed by atoms with Crippen LogP contribution in [0.4, 0.5) is 0 Å². The number of aliphatic imine (C=N–C) groups is 2. The molecule has 2 aliphatic rings. The van der Waals surface area contributed by atoms with Crippen LogP contribution in [0.15, 0.2) is 70.6 Å². The van der Waals surface area contributed by atoms with E-state index < -0.39 is 0 Å². The number of nitrogens with zero attached hydrogens (tertiary/aromatic N) is 2. The van der Waals surface area contributed by atoms with Crippen molar-refractivity contribution in [2.75, 3.05) is 25.5 Å². The van der Waals surface area contributed by atoms with E-state index in [1.807, 2.05) is 36.4 Å². The van der Waals surface area contributed by atoms with Gasteiger partial charge in [0.15, 0.2) is 11.8 Å². The summed E-state index contributed by atoms with van der Waals surface area (Å²) in [6.07, 6.45) is 1.73. The van der Waals surface area contributed by atoms with Crippen molar-refractivity contribution < 1.29 is 9.47 Å². The van der Waals surface area contributed by atoms with Gasteiger partial charge in [0.05, 0.1) is 0 Å². The van der Waals surface area contributed by atoms with Crippen molar-refractivity contribution in [2.24, 2.45) is 9.98 Å². The van der Waals surface area contributed by atoms with Crippen LogP contribution in [0.3, 0.4) is 0 Å². The standard InChI is InChI=1S/C20H21N2O2P/c1-3-7-15(8-4-1)17-11-23-19(21-17)13-25-14-20-22-18(12-24-20)16-9-5-2-6-10-16/h1-10,17-18,25H,11-14H2. The third-order valence-corrected chi connectivity index (χ3v) is 5.44. The predicted octanol–water partition coefficient (Wildman–Crippen LogP) is 4.00. The van der Waals surface area contributed by atoms with E-state index in [-0.39, 0.29) is 12.1 Å². The summed E-state index contributed by atoms with van der Waals surface area (Å²) >= 11 is 0. The molecule has 0 saturated heterocycles. The first kappa shape index (κ1) is 16.3. The summed E-state index contributed by atoms with van der Waals surface area (Å²) in [5.41, 5.74) is 2.44. The van der Waals surface area contributed by atoms with Crippen LogP contribution in [-0.2, 0) is 9.47 Å². The fourth-order valence-electron chi connectivity index (χ4n) is 3.01. The molecular formula is C20H21N2O2P. The van der Waals surface area contributed by atoms with Gasteiger partial charge < -0.3 is 9.47 Å². The summed E-state index contributed by atoms with van der Waals surface area (Å²) in [5, 5.41) is 0. The molecule has 4 rings (SSSR count). The molecule has 2 atom stereocenters. The topological polar surface area (TPSA) is 43.2 Å². The molecule has 0 spiro atoms. The van der Waals surface area contributed by atoms with Gasteiger partial charge in [-0.25, -0.2) is 9.98 Å². The van der Waals surface area contributed by atoms with Gasteiger partial charge in [0.1, 0.15) is 25.3 Å². The smallest absolute Gasteiger partial charge is 0.188 e. The van der Waals surface area contributed by atoms with Crippen molar-refractivity contribution in [3.05, 3.63) is 71.8 Å². The van der Waals surface area contributed by atoms with Crippen LogP contribution >= 0.6 is 8.58 Å². The fraction of sp³-hybridized carbons (Fsp3) is 0.300. The molecule has 2 aromatic carbocycles. The highest BCUT2D eigenvalue weighted by Gasteiger charge is 2.22. The molecular weight excluding hydrogens is 331 g/mol. The van der Waals surface area contributed by atoms with Gasteiger partial charge in [-0.1, -0.05) is 60.7 Å². The highest BCUT2D eigenvalue weighted by molar-refractivity contribution is 7.40. The lowest BCUT2D eigenvalue weighted by Gasteiger charge is -2.03. The second-order valence-electron chi connectivity index (χ2n) is 6.12. The Balaban J connectivity index is 1.27. The molecule has 0 bridgehead atoms. The fourth-order valence-corrected chi connectivity index (χ4v) is 3.95. The van der Waals surface area contributed by atoms with Gasteiger partial charge >= 0.3 is 0 Å². The quantitative estimate of drug-likeness (QED) is 0.738. The van der Waals surface area contributed by atoms with Gasteiger partial charge in [-0.05, 0) is 11.1 Å². The molecule has 0 saturated carbocycles. The lowest BCUT2D eigenvalue weighted by atomic mass is 10.1. The molecule has 5 heteroatoms. The summed E-state index contributed by atoms with van der Waals surface area (Å²) in [7, 11) is 0.683. The van der Waals surface area contributed by atoms with E-state index >= 15 is 0 Å². The Morgan fingerprint density at radius 1 is 0.720 bits per heavy atom. The van der Waals surface area contributed by atoms with E-state index in [9.17, 15) is 0 Å². The van der Waals surface area contributed by atoms with Gasteiger partial charge in [-0.15, -0.1) is 8.58 Å². The molecule has 0 aromatic heterocycles. The van der Waals surface area contributed by atoms with Gasteiger partial charge in [0.25, 0.3) is 0 Å². The summed E-state index contributed by atoms with van der Waals surface area (Å²) in [6, 6.07) is 20.9. The van der Waals surface area contributed by atoms with Gasteiger partial charge in [-0.2, -0.15) is 0 Å². The molecule has 0 radical (unpaired) electrons. The SMILES string of the molecule is c1ccc(C2COC(CPCC3=NC(c4ccccc4)CO3)=N2)cc1. The number of benzene rings is 2. The largest absolute Gasteiger partial charge is 0.478 e. The third kappa shape index (κ3) is 4.08. The van der Waals surface area contributed by atoms with E-state index in [0.717, 1.165) is 24.1 Å². The minimum Gasteiger partial charge on any atom is -0.478 e. The summed E-state index contributed by atoms with van der Waals surface area (Å²) < 4.78 is 11.5. The Morgan fingerprint density at radius 3 is 1.60 bits per heavy atom. The highest BCUT2D eigenvalue weighted by atomic mass is 31.1. The lowest BCUT2D eigenvalue weighted by Crippen LogP contribution is -2.06. The number of ether oxygens (including phenoxy) is 2. The van der Waals surface area contributed by atoms with Crippen molar-refractivity contribution in [1.82, 2.24) is 0 Å². The van der Waals surface area contributed by atoms with Gasteiger partial charge in [-0.3, -0.25) is 0 Å². The van der Waals surface area contributed by atoms with Crippen molar-refractivity contribution >= 4 is 20.4 Å². The van der Waals surface area contributed by atoms with Crippen molar-refractivity contribution in [3.8, 4) is 0 Å². The van der Waals surface area contributed by atoms with E-state index in [4.69, 9.17) is 19.5 Å². The zero-order valence-electron chi connectivity index (χ0n) is 14.0. The van der Waals surface area contributed by atoms with Crippen molar-refractivity contribution in [2.45, 2.75) is 12.1 Å². The molecule has 2 unspecified atom stereocenters. The molecule has 2 heterocycles. The number of hydrogen-bond acceptors (Lipinski definition) is 4. The Hall–Kier alpha value is -2.19. The van der Waals surface area contributed by atoms with Crippen LogP contribution in [0.2, 0.25) is 0 Å². The molecule has 128 valence electrons.